The smallest absolute Gasteiger partial charge is 0.323 e. The minimum atomic E-state index is -1.07. The van der Waals surface area contributed by atoms with Crippen molar-refractivity contribution in [2.45, 2.75) is 64.8 Å². The zero-order valence-electron chi connectivity index (χ0n) is 12.7. The van der Waals surface area contributed by atoms with Gasteiger partial charge in [-0.05, 0) is 70.5 Å². The third kappa shape index (κ3) is 5.91. The van der Waals surface area contributed by atoms with Crippen LogP contribution in [0.25, 0.3) is 0 Å². The lowest BCUT2D eigenvalue weighted by Gasteiger charge is -2.24. The van der Waals surface area contributed by atoms with Gasteiger partial charge in [-0.15, -0.1) is 0 Å². The van der Waals surface area contributed by atoms with Crippen LogP contribution in [0.4, 0.5) is 0 Å². The number of nitrogens with two attached hydrogens (primary N) is 1. The van der Waals surface area contributed by atoms with Crippen molar-refractivity contribution in [3.05, 3.63) is 0 Å². The fourth-order valence-electron chi connectivity index (χ4n) is 2.64. The number of unbranched alkanes of at least 4 members (excludes halogenated alkanes) is 1. The van der Waals surface area contributed by atoms with Gasteiger partial charge in [0, 0.05) is 0 Å². The molecule has 1 fully saturated rings. The highest BCUT2D eigenvalue weighted by Gasteiger charge is 2.27. The molecule has 1 atom stereocenters. The van der Waals surface area contributed by atoms with Gasteiger partial charge in [-0.3, -0.25) is 4.79 Å². The zero-order valence-corrected chi connectivity index (χ0v) is 12.7. The largest absolute Gasteiger partial charge is 0.480 e. The van der Waals surface area contributed by atoms with Crippen molar-refractivity contribution >= 4 is 5.97 Å². The Morgan fingerprint density at radius 1 is 1.32 bits per heavy atom. The van der Waals surface area contributed by atoms with Crippen molar-refractivity contribution in [3.8, 4) is 0 Å². The highest BCUT2D eigenvalue weighted by atomic mass is 16.4. The summed E-state index contributed by atoms with van der Waals surface area (Å²) in [5.41, 5.74) is 5.14. The van der Waals surface area contributed by atoms with Gasteiger partial charge < -0.3 is 15.7 Å². The topological polar surface area (TPSA) is 66.6 Å². The first-order chi connectivity index (χ1) is 8.73. The SMILES string of the molecule is CC1(C)CCCN(CCCCC(C)(N)C(=O)O)CC1. The molecule has 1 heterocycles. The van der Waals surface area contributed by atoms with Gasteiger partial charge in [-0.2, -0.15) is 0 Å². The van der Waals surface area contributed by atoms with Gasteiger partial charge in [0.15, 0.2) is 0 Å². The van der Waals surface area contributed by atoms with E-state index in [-0.39, 0.29) is 0 Å². The van der Waals surface area contributed by atoms with E-state index in [0.29, 0.717) is 11.8 Å². The number of hydrogen-bond acceptors (Lipinski definition) is 3. The number of likely N-dealkylation sites (tertiary alicyclic amines) is 1. The fourth-order valence-corrected chi connectivity index (χ4v) is 2.64. The minimum Gasteiger partial charge on any atom is -0.480 e. The maximum atomic E-state index is 10.9. The second-order valence-electron chi connectivity index (χ2n) is 7.04. The molecule has 0 aromatic heterocycles. The molecule has 4 heteroatoms. The molecule has 0 saturated carbocycles. The predicted molar refractivity (Wildman–Crippen MR) is 78.2 cm³/mol. The summed E-state index contributed by atoms with van der Waals surface area (Å²) in [7, 11) is 0. The number of nitrogens with zero attached hydrogens (tertiary/aromatic N) is 1. The van der Waals surface area contributed by atoms with Gasteiger partial charge in [0.05, 0.1) is 0 Å². The van der Waals surface area contributed by atoms with Crippen LogP contribution in [0.5, 0.6) is 0 Å². The maximum Gasteiger partial charge on any atom is 0.323 e. The molecular formula is C15H30N2O2. The number of carbonyl (C=O) groups is 1. The summed E-state index contributed by atoms with van der Waals surface area (Å²) in [5.74, 6) is -0.899. The molecule has 1 saturated heterocycles. The number of carboxylic acids is 1. The minimum absolute atomic E-state index is 0.480. The summed E-state index contributed by atoms with van der Waals surface area (Å²) in [6.45, 7) is 9.73. The first kappa shape index (κ1) is 16.4. The molecule has 4 nitrogen and oxygen atoms in total. The van der Waals surface area contributed by atoms with E-state index < -0.39 is 11.5 Å². The fraction of sp³-hybridized carbons (Fsp3) is 0.933. The van der Waals surface area contributed by atoms with Gasteiger partial charge in [0.25, 0.3) is 0 Å². The van der Waals surface area contributed by atoms with Crippen molar-refractivity contribution in [2.75, 3.05) is 19.6 Å². The van der Waals surface area contributed by atoms with Gasteiger partial charge in [-0.25, -0.2) is 0 Å². The summed E-state index contributed by atoms with van der Waals surface area (Å²) in [5, 5.41) is 8.95. The molecule has 0 aromatic rings. The molecule has 0 spiro atoms. The molecule has 1 rings (SSSR count). The van der Waals surface area contributed by atoms with E-state index in [1.165, 1.54) is 32.4 Å². The van der Waals surface area contributed by atoms with E-state index >= 15 is 0 Å². The van der Waals surface area contributed by atoms with Gasteiger partial charge in [-0.1, -0.05) is 13.8 Å². The van der Waals surface area contributed by atoms with Gasteiger partial charge >= 0.3 is 5.97 Å². The monoisotopic (exact) mass is 270 g/mol. The van der Waals surface area contributed by atoms with E-state index in [0.717, 1.165) is 19.4 Å². The third-order valence-electron chi connectivity index (χ3n) is 4.34. The number of hydrogen-bond donors (Lipinski definition) is 2. The van der Waals surface area contributed by atoms with Crippen LogP contribution in [-0.2, 0) is 4.79 Å². The molecule has 0 amide bonds. The van der Waals surface area contributed by atoms with E-state index in [4.69, 9.17) is 10.8 Å². The van der Waals surface area contributed by atoms with Crippen molar-refractivity contribution < 1.29 is 9.90 Å². The van der Waals surface area contributed by atoms with Crippen molar-refractivity contribution in [2.24, 2.45) is 11.1 Å². The molecule has 19 heavy (non-hydrogen) atoms. The van der Waals surface area contributed by atoms with Gasteiger partial charge in [0.1, 0.15) is 5.54 Å². The lowest BCUT2D eigenvalue weighted by molar-refractivity contribution is -0.142. The standard InChI is InChI=1S/C15H30N2O2/c1-14(2)7-6-11-17(12-9-14)10-5-4-8-15(3,16)13(18)19/h4-12,16H2,1-3H3,(H,18,19). The lowest BCUT2D eigenvalue weighted by atomic mass is 9.85. The van der Waals surface area contributed by atoms with Crippen molar-refractivity contribution in [1.82, 2.24) is 4.90 Å². The van der Waals surface area contributed by atoms with Gasteiger partial charge in [0.2, 0.25) is 0 Å². The Hall–Kier alpha value is -0.610. The van der Waals surface area contributed by atoms with Crippen LogP contribution in [0.3, 0.4) is 0 Å². The first-order valence-corrected chi connectivity index (χ1v) is 7.48. The maximum absolute atomic E-state index is 10.9. The molecule has 0 bridgehead atoms. The third-order valence-corrected chi connectivity index (χ3v) is 4.34. The summed E-state index contributed by atoms with van der Waals surface area (Å²) < 4.78 is 0. The predicted octanol–water partition coefficient (Wildman–Crippen LogP) is 2.47. The van der Waals surface area contributed by atoms with Crippen LogP contribution in [-0.4, -0.2) is 41.1 Å². The Bertz CT molecular complexity index is 301. The lowest BCUT2D eigenvalue weighted by Crippen LogP contribution is -2.44. The average molecular weight is 270 g/mol. The Morgan fingerprint density at radius 3 is 2.63 bits per heavy atom. The molecule has 112 valence electrons. The van der Waals surface area contributed by atoms with Crippen LogP contribution < -0.4 is 5.73 Å². The highest BCUT2D eigenvalue weighted by Crippen LogP contribution is 2.29. The molecule has 0 aromatic carbocycles. The molecule has 1 aliphatic rings. The Morgan fingerprint density at radius 2 is 2.00 bits per heavy atom. The van der Waals surface area contributed by atoms with Crippen LogP contribution in [0.15, 0.2) is 0 Å². The van der Waals surface area contributed by atoms with Crippen LogP contribution >= 0.6 is 0 Å². The number of aliphatic carboxylic acids is 1. The van der Waals surface area contributed by atoms with E-state index in [1.807, 2.05) is 0 Å². The Kier molecular flexibility index (Phi) is 5.81. The van der Waals surface area contributed by atoms with E-state index in [9.17, 15) is 4.79 Å². The van der Waals surface area contributed by atoms with E-state index in [2.05, 4.69) is 18.7 Å². The molecular weight excluding hydrogens is 240 g/mol. The molecule has 3 N–H and O–H groups in total. The molecule has 1 aliphatic heterocycles. The summed E-state index contributed by atoms with van der Waals surface area (Å²) in [4.78, 5) is 13.4. The molecule has 0 aliphatic carbocycles. The van der Waals surface area contributed by atoms with E-state index in [1.54, 1.807) is 6.92 Å². The highest BCUT2D eigenvalue weighted by molar-refractivity contribution is 5.77. The second-order valence-corrected chi connectivity index (χ2v) is 7.04. The van der Waals surface area contributed by atoms with Crippen LogP contribution in [0.1, 0.15) is 59.3 Å². The van der Waals surface area contributed by atoms with Crippen molar-refractivity contribution in [1.29, 1.82) is 0 Å². The molecule has 1 unspecified atom stereocenters. The van der Waals surface area contributed by atoms with Crippen LogP contribution in [0.2, 0.25) is 0 Å². The summed E-state index contributed by atoms with van der Waals surface area (Å²) in [6.07, 6.45) is 6.33. The average Bonchev–Trinajstić information content (AvgIpc) is 2.46. The Balaban J connectivity index is 2.21. The summed E-state index contributed by atoms with van der Waals surface area (Å²) >= 11 is 0. The summed E-state index contributed by atoms with van der Waals surface area (Å²) in [6, 6.07) is 0. The number of rotatable bonds is 6. The number of carboxylic acid groups (broad SMARTS) is 1. The Labute approximate surface area is 117 Å². The molecule has 0 radical (unpaired) electrons. The van der Waals surface area contributed by atoms with Crippen molar-refractivity contribution in [3.63, 3.8) is 0 Å². The quantitative estimate of drug-likeness (QED) is 0.728. The van der Waals surface area contributed by atoms with Crippen LogP contribution in [0, 0.1) is 5.41 Å². The normalized spacial score (nSPS) is 23.6. The zero-order chi connectivity index (χ0) is 14.5. The second kappa shape index (κ2) is 6.71. The first-order valence-electron chi connectivity index (χ1n) is 7.48.